The number of nitrogens with zero attached hydrogens (tertiary/aromatic N) is 1. The Labute approximate surface area is 120 Å². The van der Waals surface area contributed by atoms with Crippen LogP contribution < -0.4 is 5.32 Å². The van der Waals surface area contributed by atoms with Crippen molar-refractivity contribution in [3.05, 3.63) is 71.4 Å². The topological polar surface area (TPSA) is 17.0 Å². The highest BCUT2D eigenvalue weighted by molar-refractivity contribution is 5.83. The van der Waals surface area contributed by atoms with Gasteiger partial charge in [0.25, 0.3) is 0 Å². The van der Waals surface area contributed by atoms with Crippen LogP contribution in [0.4, 0.5) is 0 Å². The highest BCUT2D eigenvalue weighted by Crippen LogP contribution is 2.20. The van der Waals surface area contributed by atoms with Crippen LogP contribution in [0.5, 0.6) is 0 Å². The molecule has 2 nitrogen and oxygen atoms in total. The number of benzene rings is 2. The van der Waals surface area contributed by atoms with E-state index >= 15 is 0 Å². The van der Waals surface area contributed by atoms with Crippen molar-refractivity contribution >= 4 is 10.9 Å². The third-order valence-corrected chi connectivity index (χ3v) is 3.71. The minimum atomic E-state index is 0.898. The van der Waals surface area contributed by atoms with E-state index in [-0.39, 0.29) is 0 Å². The number of aryl methyl sites for hydroxylation is 2. The summed E-state index contributed by atoms with van der Waals surface area (Å²) in [7, 11) is 2.10. The number of fused-ring (bicyclic) bond motifs is 1. The van der Waals surface area contributed by atoms with Crippen LogP contribution in [0.3, 0.4) is 0 Å². The van der Waals surface area contributed by atoms with E-state index < -0.39 is 0 Å². The minimum absolute atomic E-state index is 0.898. The van der Waals surface area contributed by atoms with Crippen LogP contribution in [0.2, 0.25) is 0 Å². The quantitative estimate of drug-likeness (QED) is 0.759. The van der Waals surface area contributed by atoms with Crippen LogP contribution in [-0.2, 0) is 20.1 Å². The lowest BCUT2D eigenvalue weighted by Gasteiger charge is -2.05. The molecule has 0 saturated heterocycles. The maximum atomic E-state index is 3.54. The first-order chi connectivity index (χ1) is 9.74. The summed E-state index contributed by atoms with van der Waals surface area (Å²) in [5, 5.41) is 4.88. The van der Waals surface area contributed by atoms with Gasteiger partial charge in [-0.25, -0.2) is 0 Å². The summed E-state index contributed by atoms with van der Waals surface area (Å²) in [6.07, 6.45) is 2.22. The molecular weight excluding hydrogens is 244 g/mol. The fraction of sp³-hybridized carbons (Fsp3) is 0.222. The first-order valence-corrected chi connectivity index (χ1v) is 7.03. The first kappa shape index (κ1) is 12.9. The molecule has 0 aliphatic rings. The van der Waals surface area contributed by atoms with Crippen molar-refractivity contribution in [1.29, 1.82) is 0 Å². The van der Waals surface area contributed by atoms with E-state index in [1.807, 2.05) is 0 Å². The molecule has 102 valence electrons. The fourth-order valence-electron chi connectivity index (χ4n) is 2.73. The Morgan fingerprint density at radius 1 is 1.00 bits per heavy atom. The molecule has 1 heterocycles. The molecule has 2 heteroatoms. The van der Waals surface area contributed by atoms with Crippen LogP contribution in [0.15, 0.2) is 54.7 Å². The van der Waals surface area contributed by atoms with Crippen molar-refractivity contribution in [2.45, 2.75) is 20.0 Å². The average Bonchev–Trinajstić information content (AvgIpc) is 2.77. The lowest BCUT2D eigenvalue weighted by molar-refractivity contribution is 0.694. The lowest BCUT2D eigenvalue weighted by Crippen LogP contribution is -2.12. The third-order valence-electron chi connectivity index (χ3n) is 3.71. The Bertz CT molecular complexity index is 725. The number of nitrogens with one attached hydrogen (secondary N) is 1. The summed E-state index contributed by atoms with van der Waals surface area (Å²) in [6.45, 7) is 3.94. The van der Waals surface area contributed by atoms with E-state index in [2.05, 4.69) is 78.6 Å². The van der Waals surface area contributed by atoms with Crippen LogP contribution in [0, 0.1) is 6.92 Å². The van der Waals surface area contributed by atoms with Crippen LogP contribution >= 0.6 is 0 Å². The third kappa shape index (κ3) is 2.61. The smallest absolute Gasteiger partial charge is 0.0481 e. The zero-order valence-electron chi connectivity index (χ0n) is 12.1. The van der Waals surface area contributed by atoms with Crippen LogP contribution in [0.25, 0.3) is 10.9 Å². The van der Waals surface area contributed by atoms with E-state index in [4.69, 9.17) is 0 Å². The largest absolute Gasteiger partial charge is 0.350 e. The number of hydrogen-bond acceptors (Lipinski definition) is 1. The summed E-state index contributed by atoms with van der Waals surface area (Å²) in [4.78, 5) is 0. The molecule has 0 fully saturated rings. The zero-order chi connectivity index (χ0) is 13.9. The second-order valence-corrected chi connectivity index (χ2v) is 5.37. The molecule has 0 aliphatic heterocycles. The van der Waals surface area contributed by atoms with Gasteiger partial charge in [-0.3, -0.25) is 0 Å². The Kier molecular flexibility index (Phi) is 3.57. The molecule has 0 radical (unpaired) electrons. The van der Waals surface area contributed by atoms with Gasteiger partial charge >= 0.3 is 0 Å². The second kappa shape index (κ2) is 5.51. The molecule has 0 spiro atoms. The van der Waals surface area contributed by atoms with Crippen molar-refractivity contribution in [2.75, 3.05) is 0 Å². The Morgan fingerprint density at radius 3 is 2.70 bits per heavy atom. The predicted octanol–water partition coefficient (Wildman–Crippen LogP) is 3.78. The van der Waals surface area contributed by atoms with Crippen molar-refractivity contribution in [1.82, 2.24) is 9.88 Å². The fourth-order valence-corrected chi connectivity index (χ4v) is 2.73. The van der Waals surface area contributed by atoms with E-state index in [0.717, 1.165) is 13.1 Å². The summed E-state index contributed by atoms with van der Waals surface area (Å²) in [5.41, 5.74) is 5.30. The molecule has 1 aromatic heterocycles. The molecule has 2 aromatic carbocycles. The van der Waals surface area contributed by atoms with Gasteiger partial charge in [0.15, 0.2) is 0 Å². The molecule has 0 amide bonds. The Balaban J connectivity index is 1.71. The van der Waals surface area contributed by atoms with Gasteiger partial charge in [-0.15, -0.1) is 0 Å². The molecule has 20 heavy (non-hydrogen) atoms. The number of aromatic nitrogens is 1. The maximum absolute atomic E-state index is 3.54. The van der Waals surface area contributed by atoms with E-state index in [1.54, 1.807) is 0 Å². The molecule has 0 bridgehead atoms. The molecule has 0 saturated carbocycles. The summed E-state index contributed by atoms with van der Waals surface area (Å²) < 4.78 is 2.19. The molecule has 0 unspecified atom stereocenters. The highest BCUT2D eigenvalue weighted by atomic mass is 14.9. The monoisotopic (exact) mass is 264 g/mol. The average molecular weight is 264 g/mol. The molecule has 1 N–H and O–H groups in total. The van der Waals surface area contributed by atoms with Gasteiger partial charge in [-0.1, -0.05) is 48.0 Å². The SMILES string of the molecule is Cc1cccc(CNCc2cn(C)c3ccccc23)c1. The van der Waals surface area contributed by atoms with Crippen LogP contribution in [-0.4, -0.2) is 4.57 Å². The normalized spacial score (nSPS) is 11.1. The van der Waals surface area contributed by atoms with E-state index in [1.165, 1.54) is 27.6 Å². The molecule has 0 aliphatic carbocycles. The lowest BCUT2D eigenvalue weighted by atomic mass is 10.1. The van der Waals surface area contributed by atoms with Gasteiger partial charge < -0.3 is 9.88 Å². The zero-order valence-corrected chi connectivity index (χ0v) is 12.1. The minimum Gasteiger partial charge on any atom is -0.350 e. The van der Waals surface area contributed by atoms with Crippen molar-refractivity contribution in [2.24, 2.45) is 7.05 Å². The van der Waals surface area contributed by atoms with Gasteiger partial charge in [-0.2, -0.15) is 0 Å². The molecule has 0 atom stereocenters. The van der Waals surface area contributed by atoms with Gasteiger partial charge in [0.2, 0.25) is 0 Å². The van der Waals surface area contributed by atoms with Crippen LogP contribution in [0.1, 0.15) is 16.7 Å². The number of para-hydroxylation sites is 1. The summed E-state index contributed by atoms with van der Waals surface area (Å²) >= 11 is 0. The number of hydrogen-bond donors (Lipinski definition) is 1. The van der Waals surface area contributed by atoms with Crippen molar-refractivity contribution in [3.63, 3.8) is 0 Å². The molecular formula is C18H20N2. The van der Waals surface area contributed by atoms with Crippen molar-refractivity contribution in [3.8, 4) is 0 Å². The Hall–Kier alpha value is -2.06. The molecule has 3 rings (SSSR count). The van der Waals surface area contributed by atoms with Crippen molar-refractivity contribution < 1.29 is 0 Å². The summed E-state index contributed by atoms with van der Waals surface area (Å²) in [6, 6.07) is 17.2. The van der Waals surface area contributed by atoms with Gasteiger partial charge in [0, 0.05) is 37.2 Å². The summed E-state index contributed by atoms with van der Waals surface area (Å²) in [5.74, 6) is 0. The van der Waals surface area contributed by atoms with E-state index in [0.29, 0.717) is 0 Å². The van der Waals surface area contributed by atoms with Gasteiger partial charge in [0.1, 0.15) is 0 Å². The maximum Gasteiger partial charge on any atom is 0.0481 e. The molecule has 3 aromatic rings. The first-order valence-electron chi connectivity index (χ1n) is 7.03. The van der Waals surface area contributed by atoms with Gasteiger partial charge in [-0.05, 0) is 24.1 Å². The predicted molar refractivity (Wildman–Crippen MR) is 84.6 cm³/mol. The van der Waals surface area contributed by atoms with E-state index in [9.17, 15) is 0 Å². The highest BCUT2D eigenvalue weighted by Gasteiger charge is 2.05. The number of rotatable bonds is 4. The van der Waals surface area contributed by atoms with Gasteiger partial charge in [0.05, 0.1) is 0 Å². The second-order valence-electron chi connectivity index (χ2n) is 5.37. The Morgan fingerprint density at radius 2 is 1.85 bits per heavy atom. The standard InChI is InChI=1S/C18H20N2/c1-14-6-5-7-15(10-14)11-19-12-16-13-20(2)18-9-4-3-8-17(16)18/h3-10,13,19H,11-12H2,1-2H3.